The van der Waals surface area contributed by atoms with Gasteiger partial charge in [-0.2, -0.15) is 5.10 Å². The van der Waals surface area contributed by atoms with Crippen LogP contribution in [0.1, 0.15) is 26.2 Å². The summed E-state index contributed by atoms with van der Waals surface area (Å²) < 4.78 is 5.56. The quantitative estimate of drug-likeness (QED) is 0.859. The molecule has 23 heavy (non-hydrogen) atoms. The van der Waals surface area contributed by atoms with Gasteiger partial charge >= 0.3 is 0 Å². The van der Waals surface area contributed by atoms with Gasteiger partial charge in [0, 0.05) is 25.9 Å². The van der Waals surface area contributed by atoms with Crippen LogP contribution in [0, 0.1) is 5.92 Å². The highest BCUT2D eigenvalue weighted by molar-refractivity contribution is 6.41. The lowest BCUT2D eigenvalue weighted by atomic mass is 9.88. The molecule has 5 nitrogen and oxygen atoms in total. The molecule has 0 bridgehead atoms. The Morgan fingerprint density at radius 3 is 2.70 bits per heavy atom. The summed E-state index contributed by atoms with van der Waals surface area (Å²) >= 11 is 0. The molecule has 1 aliphatic carbocycles. The SMILES string of the molecule is CC(=O)C1=NN(c2ccccc2)[C@]2(N3CCOCC3)CCC[C@H]12. The number of Topliss-reactive ketones (excluding diaryl/α,β-unsaturated/α-hetero) is 1. The predicted molar refractivity (Wildman–Crippen MR) is 89.5 cm³/mol. The number of ether oxygens (including phenoxy) is 1. The summed E-state index contributed by atoms with van der Waals surface area (Å²) in [6.45, 7) is 4.97. The third-order valence-electron chi connectivity index (χ3n) is 5.42. The molecule has 2 aliphatic heterocycles. The molecule has 0 aromatic heterocycles. The number of ketones is 1. The summed E-state index contributed by atoms with van der Waals surface area (Å²) in [5.74, 6) is 0.311. The highest BCUT2D eigenvalue weighted by atomic mass is 16.5. The van der Waals surface area contributed by atoms with Gasteiger partial charge in [0.15, 0.2) is 5.78 Å². The number of morpholine rings is 1. The predicted octanol–water partition coefficient (Wildman–Crippen LogP) is 2.28. The Morgan fingerprint density at radius 2 is 2.00 bits per heavy atom. The van der Waals surface area contributed by atoms with Gasteiger partial charge in [0.1, 0.15) is 11.4 Å². The zero-order valence-corrected chi connectivity index (χ0v) is 13.6. The molecule has 2 fully saturated rings. The molecule has 2 atom stereocenters. The van der Waals surface area contributed by atoms with Gasteiger partial charge in [0.2, 0.25) is 0 Å². The van der Waals surface area contributed by atoms with Crippen molar-refractivity contribution in [3.05, 3.63) is 30.3 Å². The normalized spacial score (nSPS) is 31.1. The molecule has 1 saturated carbocycles. The fourth-order valence-corrected chi connectivity index (χ4v) is 4.47. The molecular weight excluding hydrogens is 290 g/mol. The molecule has 1 saturated heterocycles. The summed E-state index contributed by atoms with van der Waals surface area (Å²) in [4.78, 5) is 14.7. The number of hydrogen-bond donors (Lipinski definition) is 0. The molecule has 0 N–H and O–H groups in total. The number of para-hydroxylation sites is 1. The lowest BCUT2D eigenvalue weighted by Crippen LogP contribution is -2.62. The molecule has 2 heterocycles. The zero-order valence-electron chi connectivity index (χ0n) is 13.6. The minimum atomic E-state index is -0.188. The Kier molecular flexibility index (Phi) is 3.70. The van der Waals surface area contributed by atoms with E-state index in [0.717, 1.165) is 57.0 Å². The van der Waals surface area contributed by atoms with Crippen LogP contribution in [-0.4, -0.2) is 48.4 Å². The average Bonchev–Trinajstić information content (AvgIpc) is 3.14. The van der Waals surface area contributed by atoms with E-state index >= 15 is 0 Å². The van der Waals surface area contributed by atoms with Crippen LogP contribution in [0.2, 0.25) is 0 Å². The molecule has 1 aromatic carbocycles. The van der Waals surface area contributed by atoms with Crippen molar-refractivity contribution < 1.29 is 9.53 Å². The van der Waals surface area contributed by atoms with E-state index in [1.165, 1.54) is 0 Å². The summed E-state index contributed by atoms with van der Waals surface area (Å²) in [5.41, 5.74) is 1.63. The molecule has 4 rings (SSSR count). The van der Waals surface area contributed by atoms with Gasteiger partial charge in [-0.25, -0.2) is 5.01 Å². The molecule has 0 amide bonds. The Bertz CT molecular complexity index is 624. The fourth-order valence-electron chi connectivity index (χ4n) is 4.47. The van der Waals surface area contributed by atoms with E-state index in [0.29, 0.717) is 0 Å². The van der Waals surface area contributed by atoms with Crippen LogP contribution in [0.15, 0.2) is 35.4 Å². The van der Waals surface area contributed by atoms with E-state index in [1.54, 1.807) is 6.92 Å². The van der Waals surface area contributed by atoms with Gasteiger partial charge in [-0.3, -0.25) is 9.69 Å². The minimum absolute atomic E-state index is 0.105. The summed E-state index contributed by atoms with van der Waals surface area (Å²) in [6, 6.07) is 10.3. The Morgan fingerprint density at radius 1 is 1.26 bits per heavy atom. The Balaban J connectivity index is 1.81. The number of hydrazone groups is 1. The van der Waals surface area contributed by atoms with E-state index in [1.807, 2.05) is 18.2 Å². The fraction of sp³-hybridized carbons (Fsp3) is 0.556. The number of hydrogen-bond acceptors (Lipinski definition) is 5. The van der Waals surface area contributed by atoms with Crippen molar-refractivity contribution in [2.75, 3.05) is 31.3 Å². The monoisotopic (exact) mass is 313 g/mol. The lowest BCUT2D eigenvalue weighted by molar-refractivity contribution is -0.111. The molecule has 3 aliphatic rings. The number of anilines is 1. The van der Waals surface area contributed by atoms with Crippen LogP contribution < -0.4 is 5.01 Å². The second-order valence-corrected chi connectivity index (χ2v) is 6.61. The van der Waals surface area contributed by atoms with Crippen LogP contribution >= 0.6 is 0 Å². The zero-order chi connectivity index (χ0) is 15.9. The third-order valence-corrected chi connectivity index (χ3v) is 5.42. The first-order valence-electron chi connectivity index (χ1n) is 8.51. The van der Waals surface area contributed by atoms with Crippen molar-refractivity contribution in [3.63, 3.8) is 0 Å². The van der Waals surface area contributed by atoms with Crippen molar-refractivity contribution in [1.82, 2.24) is 4.90 Å². The molecule has 5 heteroatoms. The van der Waals surface area contributed by atoms with Crippen LogP contribution in [-0.2, 0) is 9.53 Å². The number of carbonyl (C=O) groups is 1. The smallest absolute Gasteiger partial charge is 0.176 e. The molecule has 1 aromatic rings. The van der Waals surface area contributed by atoms with Crippen LogP contribution in [0.5, 0.6) is 0 Å². The number of benzene rings is 1. The highest BCUT2D eigenvalue weighted by Gasteiger charge is 2.58. The van der Waals surface area contributed by atoms with E-state index in [2.05, 4.69) is 22.0 Å². The van der Waals surface area contributed by atoms with E-state index in [4.69, 9.17) is 9.84 Å². The van der Waals surface area contributed by atoms with Gasteiger partial charge in [-0.05, 0) is 31.4 Å². The summed E-state index contributed by atoms with van der Waals surface area (Å²) in [5, 5.41) is 6.94. The van der Waals surface area contributed by atoms with E-state index < -0.39 is 0 Å². The first kappa shape index (κ1) is 14.8. The lowest BCUT2D eigenvalue weighted by Gasteiger charge is -2.48. The number of carbonyl (C=O) groups excluding carboxylic acids is 1. The van der Waals surface area contributed by atoms with Gasteiger partial charge in [-0.15, -0.1) is 0 Å². The van der Waals surface area contributed by atoms with Crippen molar-refractivity contribution in [3.8, 4) is 0 Å². The second kappa shape index (κ2) is 5.73. The standard InChI is InChI=1S/C18H23N3O2/c1-14(22)17-16-8-5-9-18(16,20-10-12-23-13-11-20)21(19-17)15-6-3-2-4-7-15/h2-4,6-7,16H,5,8-13H2,1H3/t16-,18-/m1/s1. The van der Waals surface area contributed by atoms with Crippen LogP contribution in [0.4, 0.5) is 5.69 Å². The van der Waals surface area contributed by atoms with E-state index in [-0.39, 0.29) is 17.4 Å². The molecule has 0 radical (unpaired) electrons. The molecule has 122 valence electrons. The maximum Gasteiger partial charge on any atom is 0.176 e. The van der Waals surface area contributed by atoms with Gasteiger partial charge in [0.25, 0.3) is 0 Å². The number of rotatable bonds is 3. The van der Waals surface area contributed by atoms with Crippen molar-refractivity contribution in [2.24, 2.45) is 11.0 Å². The highest BCUT2D eigenvalue weighted by Crippen LogP contribution is 2.49. The Hall–Kier alpha value is -1.72. The number of fused-ring (bicyclic) bond motifs is 1. The van der Waals surface area contributed by atoms with Crippen molar-refractivity contribution >= 4 is 17.2 Å². The van der Waals surface area contributed by atoms with Crippen molar-refractivity contribution in [1.29, 1.82) is 0 Å². The number of nitrogens with zero attached hydrogens (tertiary/aromatic N) is 3. The van der Waals surface area contributed by atoms with Crippen LogP contribution in [0.3, 0.4) is 0 Å². The maximum atomic E-state index is 12.2. The molecular formula is C18H23N3O2. The molecule has 0 spiro atoms. The minimum Gasteiger partial charge on any atom is -0.379 e. The van der Waals surface area contributed by atoms with Gasteiger partial charge in [0.05, 0.1) is 18.9 Å². The summed E-state index contributed by atoms with van der Waals surface area (Å²) in [7, 11) is 0. The third kappa shape index (κ3) is 2.22. The Labute approximate surface area is 136 Å². The average molecular weight is 313 g/mol. The van der Waals surface area contributed by atoms with E-state index in [9.17, 15) is 4.79 Å². The largest absolute Gasteiger partial charge is 0.379 e. The topological polar surface area (TPSA) is 45.1 Å². The van der Waals surface area contributed by atoms with Crippen LogP contribution in [0.25, 0.3) is 0 Å². The van der Waals surface area contributed by atoms with Gasteiger partial charge in [-0.1, -0.05) is 18.2 Å². The first-order valence-corrected chi connectivity index (χ1v) is 8.51. The maximum absolute atomic E-state index is 12.2. The van der Waals surface area contributed by atoms with Crippen molar-refractivity contribution in [2.45, 2.75) is 31.8 Å². The first-order chi connectivity index (χ1) is 11.2. The van der Waals surface area contributed by atoms with Gasteiger partial charge < -0.3 is 4.74 Å². The summed E-state index contributed by atoms with van der Waals surface area (Å²) in [6.07, 6.45) is 3.23. The second-order valence-electron chi connectivity index (χ2n) is 6.61. The molecule has 0 unspecified atom stereocenters.